The van der Waals surface area contributed by atoms with Gasteiger partial charge in [-0.15, -0.1) is 0 Å². The van der Waals surface area contributed by atoms with Crippen LogP contribution in [0.2, 0.25) is 0 Å². The highest BCUT2D eigenvalue weighted by Gasteiger charge is 2.37. The van der Waals surface area contributed by atoms with E-state index in [0.717, 1.165) is 37.8 Å². The molecular formula is C24H35N5O. The van der Waals surface area contributed by atoms with Crippen molar-refractivity contribution in [2.24, 2.45) is 10.9 Å². The van der Waals surface area contributed by atoms with Gasteiger partial charge in [0.15, 0.2) is 5.96 Å². The molecular weight excluding hydrogens is 374 g/mol. The van der Waals surface area contributed by atoms with E-state index in [4.69, 9.17) is 4.74 Å². The van der Waals surface area contributed by atoms with Crippen LogP contribution in [0.3, 0.4) is 0 Å². The molecule has 2 fully saturated rings. The first-order chi connectivity index (χ1) is 14.6. The monoisotopic (exact) mass is 409 g/mol. The third kappa shape index (κ3) is 4.18. The number of imidazole rings is 1. The second-order valence-corrected chi connectivity index (χ2v) is 8.91. The molecule has 1 aromatic heterocycles. The summed E-state index contributed by atoms with van der Waals surface area (Å²) in [7, 11) is 3.65. The number of aromatic nitrogens is 2. The number of methoxy groups -OCH3 is 1. The Morgan fingerprint density at radius 2 is 2.17 bits per heavy atom. The van der Waals surface area contributed by atoms with E-state index in [2.05, 4.69) is 56.1 Å². The first kappa shape index (κ1) is 20.8. The lowest BCUT2D eigenvalue weighted by Crippen LogP contribution is -2.51. The first-order valence-electron chi connectivity index (χ1n) is 11.2. The second kappa shape index (κ2) is 9.11. The minimum atomic E-state index is 0.150. The first-order valence-corrected chi connectivity index (χ1v) is 11.2. The number of guanidine groups is 1. The molecule has 4 rings (SSSR count). The van der Waals surface area contributed by atoms with Gasteiger partial charge in [-0.3, -0.25) is 4.99 Å². The molecule has 2 heterocycles. The molecule has 2 unspecified atom stereocenters. The van der Waals surface area contributed by atoms with E-state index < -0.39 is 0 Å². The smallest absolute Gasteiger partial charge is 0.193 e. The normalized spacial score (nSPS) is 24.1. The van der Waals surface area contributed by atoms with Crippen LogP contribution in [-0.2, 0) is 5.41 Å². The summed E-state index contributed by atoms with van der Waals surface area (Å²) in [6.07, 6.45) is 12.0. The number of hydrogen-bond acceptors (Lipinski definition) is 3. The topological polar surface area (TPSA) is 54.7 Å². The Kier molecular flexibility index (Phi) is 6.30. The minimum absolute atomic E-state index is 0.150. The molecule has 30 heavy (non-hydrogen) atoms. The third-order valence-electron chi connectivity index (χ3n) is 7.17. The predicted molar refractivity (Wildman–Crippen MR) is 121 cm³/mol. The fraction of sp³-hybridized carbons (Fsp3) is 0.583. The zero-order valence-corrected chi connectivity index (χ0v) is 18.6. The molecule has 1 saturated carbocycles. The van der Waals surface area contributed by atoms with Crippen molar-refractivity contribution in [2.45, 2.75) is 50.5 Å². The summed E-state index contributed by atoms with van der Waals surface area (Å²) < 4.78 is 7.75. The summed E-state index contributed by atoms with van der Waals surface area (Å²) in [6, 6.07) is 9.05. The van der Waals surface area contributed by atoms with Gasteiger partial charge in [-0.25, -0.2) is 4.98 Å². The van der Waals surface area contributed by atoms with Gasteiger partial charge in [0.05, 0.1) is 19.5 Å². The summed E-state index contributed by atoms with van der Waals surface area (Å²) >= 11 is 0. The van der Waals surface area contributed by atoms with Gasteiger partial charge >= 0.3 is 0 Å². The number of aliphatic imine (C=N–C) groups is 1. The Bertz CT molecular complexity index is 841. The van der Waals surface area contributed by atoms with Gasteiger partial charge in [-0.05, 0) is 42.9 Å². The van der Waals surface area contributed by atoms with Gasteiger partial charge in [-0.2, -0.15) is 0 Å². The van der Waals surface area contributed by atoms with Gasteiger partial charge in [0.1, 0.15) is 5.75 Å². The van der Waals surface area contributed by atoms with Gasteiger partial charge < -0.3 is 19.5 Å². The van der Waals surface area contributed by atoms with Crippen LogP contribution in [0.25, 0.3) is 0 Å². The summed E-state index contributed by atoms with van der Waals surface area (Å²) in [5.41, 5.74) is 1.53. The molecule has 1 aliphatic heterocycles. The molecule has 6 nitrogen and oxygen atoms in total. The molecule has 1 aliphatic carbocycles. The van der Waals surface area contributed by atoms with Crippen LogP contribution < -0.4 is 10.1 Å². The average molecular weight is 410 g/mol. The van der Waals surface area contributed by atoms with Gasteiger partial charge in [0.2, 0.25) is 0 Å². The molecule has 162 valence electrons. The molecule has 2 atom stereocenters. The lowest BCUT2D eigenvalue weighted by molar-refractivity contribution is 0.188. The van der Waals surface area contributed by atoms with Crippen molar-refractivity contribution in [3.63, 3.8) is 0 Å². The summed E-state index contributed by atoms with van der Waals surface area (Å²) in [4.78, 5) is 11.3. The molecule has 2 aromatic rings. The number of hydrogen-bond donors (Lipinski definition) is 1. The lowest BCUT2D eigenvalue weighted by Gasteiger charge is -2.40. The Morgan fingerprint density at radius 1 is 1.33 bits per heavy atom. The number of ether oxygens (including phenoxy) is 1. The Labute approximate surface area is 180 Å². The maximum absolute atomic E-state index is 5.50. The van der Waals surface area contributed by atoms with Crippen molar-refractivity contribution in [2.75, 3.05) is 33.8 Å². The maximum atomic E-state index is 5.50. The van der Waals surface area contributed by atoms with Crippen molar-refractivity contribution in [1.29, 1.82) is 0 Å². The van der Waals surface area contributed by atoms with Gasteiger partial charge in [0, 0.05) is 44.5 Å². The fourth-order valence-electron chi connectivity index (χ4n) is 5.25. The van der Waals surface area contributed by atoms with Crippen LogP contribution in [0.5, 0.6) is 5.75 Å². The van der Waals surface area contributed by atoms with Crippen LogP contribution in [0.1, 0.15) is 50.6 Å². The number of likely N-dealkylation sites (tertiary alicyclic amines) is 1. The molecule has 6 heteroatoms. The van der Waals surface area contributed by atoms with Crippen LogP contribution >= 0.6 is 0 Å². The fourth-order valence-corrected chi connectivity index (χ4v) is 5.25. The summed E-state index contributed by atoms with van der Waals surface area (Å²) in [5.74, 6) is 2.59. The van der Waals surface area contributed by atoms with Crippen LogP contribution in [0.4, 0.5) is 0 Å². The third-order valence-corrected chi connectivity index (χ3v) is 7.17. The number of rotatable bonds is 5. The van der Waals surface area contributed by atoms with Crippen molar-refractivity contribution in [1.82, 2.24) is 19.8 Å². The van der Waals surface area contributed by atoms with Gasteiger partial charge in [0.25, 0.3) is 0 Å². The van der Waals surface area contributed by atoms with Crippen LogP contribution in [0.15, 0.2) is 48.0 Å². The highest BCUT2D eigenvalue weighted by molar-refractivity contribution is 5.80. The quantitative estimate of drug-likeness (QED) is 0.602. The predicted octanol–water partition coefficient (Wildman–Crippen LogP) is 3.86. The highest BCUT2D eigenvalue weighted by atomic mass is 16.5. The molecule has 0 bridgehead atoms. The van der Waals surface area contributed by atoms with Crippen molar-refractivity contribution in [3.05, 3.63) is 48.5 Å². The minimum Gasteiger partial charge on any atom is -0.497 e. The largest absolute Gasteiger partial charge is 0.497 e. The Morgan fingerprint density at radius 3 is 2.87 bits per heavy atom. The second-order valence-electron chi connectivity index (χ2n) is 8.91. The van der Waals surface area contributed by atoms with E-state index in [1.807, 2.05) is 25.6 Å². The SMILES string of the molecule is CN=C(NCC1(c2cccc(OC)c2)CCCC1)N1CCC(C)C(n2ccnc2)C1. The van der Waals surface area contributed by atoms with Crippen LogP contribution in [0, 0.1) is 5.92 Å². The molecule has 1 aromatic carbocycles. The van der Waals surface area contributed by atoms with Crippen molar-refractivity contribution in [3.8, 4) is 5.75 Å². The molecule has 0 radical (unpaired) electrons. The van der Waals surface area contributed by atoms with Crippen molar-refractivity contribution >= 4 is 5.96 Å². The van der Waals surface area contributed by atoms with E-state index in [9.17, 15) is 0 Å². The van der Waals surface area contributed by atoms with E-state index in [0.29, 0.717) is 12.0 Å². The lowest BCUT2D eigenvalue weighted by atomic mass is 9.78. The van der Waals surface area contributed by atoms with E-state index >= 15 is 0 Å². The summed E-state index contributed by atoms with van der Waals surface area (Å²) in [5, 5.41) is 3.75. The molecule has 0 amide bonds. The summed E-state index contributed by atoms with van der Waals surface area (Å²) in [6.45, 7) is 5.25. The Hall–Kier alpha value is -2.50. The van der Waals surface area contributed by atoms with Crippen LogP contribution in [-0.4, -0.2) is 54.2 Å². The van der Waals surface area contributed by atoms with E-state index in [1.165, 1.54) is 31.2 Å². The zero-order valence-electron chi connectivity index (χ0n) is 18.6. The highest BCUT2D eigenvalue weighted by Crippen LogP contribution is 2.41. The van der Waals surface area contributed by atoms with Gasteiger partial charge in [-0.1, -0.05) is 31.9 Å². The maximum Gasteiger partial charge on any atom is 0.193 e. The molecule has 1 N–H and O–H groups in total. The Balaban J connectivity index is 1.47. The van der Waals surface area contributed by atoms with E-state index in [1.54, 1.807) is 7.11 Å². The number of nitrogens with zero attached hydrogens (tertiary/aromatic N) is 4. The molecule has 1 saturated heterocycles. The zero-order chi connectivity index (χ0) is 21.0. The standard InChI is InChI=1S/C24H35N5O/c1-19-9-13-28(16-22(19)29-14-12-26-18-29)23(25-2)27-17-24(10-4-5-11-24)20-7-6-8-21(15-20)30-3/h6-8,12,14-15,18-19,22H,4-5,9-11,13,16-17H2,1-3H3,(H,25,27). The molecule has 2 aliphatic rings. The molecule has 0 spiro atoms. The average Bonchev–Trinajstić information content (AvgIpc) is 3.48. The number of benzene rings is 1. The number of nitrogens with one attached hydrogen (secondary N) is 1. The van der Waals surface area contributed by atoms with E-state index in [-0.39, 0.29) is 5.41 Å². The van der Waals surface area contributed by atoms with Crippen molar-refractivity contribution < 1.29 is 4.74 Å². The number of piperidine rings is 1.